The summed E-state index contributed by atoms with van der Waals surface area (Å²) >= 11 is 0. The first-order chi connectivity index (χ1) is 11.9. The molecular formula is C19H32O5SSi. The van der Waals surface area contributed by atoms with Gasteiger partial charge in [-0.2, -0.15) is 8.42 Å². The maximum absolute atomic E-state index is 12.3. The van der Waals surface area contributed by atoms with Crippen LogP contribution in [0, 0.1) is 6.92 Å². The van der Waals surface area contributed by atoms with E-state index in [4.69, 9.17) is 13.3 Å². The fraction of sp³-hybridized carbons (Fsp3) is 0.684. The molecule has 5 nitrogen and oxygen atoms in total. The normalized spacial score (nSPS) is 22.4. The van der Waals surface area contributed by atoms with E-state index in [2.05, 4.69) is 33.9 Å². The average molecular weight is 401 g/mol. The van der Waals surface area contributed by atoms with Crippen LogP contribution in [0.3, 0.4) is 0 Å². The molecule has 1 heterocycles. The van der Waals surface area contributed by atoms with Gasteiger partial charge in [0, 0.05) is 0 Å². The molecule has 2 rings (SSSR count). The largest absolute Gasteiger partial charge is 0.412 e. The van der Waals surface area contributed by atoms with Crippen LogP contribution in [-0.2, 0) is 23.5 Å². The highest BCUT2D eigenvalue weighted by molar-refractivity contribution is 7.86. The number of benzene rings is 1. The minimum Gasteiger partial charge on any atom is -0.412 e. The zero-order valence-electron chi connectivity index (χ0n) is 16.7. The lowest BCUT2D eigenvalue weighted by Crippen LogP contribution is -2.47. The monoisotopic (exact) mass is 400 g/mol. The van der Waals surface area contributed by atoms with E-state index in [1.54, 1.807) is 24.3 Å². The molecule has 1 saturated heterocycles. The summed E-state index contributed by atoms with van der Waals surface area (Å²) in [4.78, 5) is 0.179. The van der Waals surface area contributed by atoms with Crippen molar-refractivity contribution in [2.45, 2.75) is 75.8 Å². The number of ether oxygens (including phenoxy) is 1. The maximum atomic E-state index is 12.3. The number of rotatable bonds is 6. The van der Waals surface area contributed by atoms with Gasteiger partial charge in [0.05, 0.1) is 30.3 Å². The molecule has 1 aliphatic heterocycles. The Morgan fingerprint density at radius 1 is 1.15 bits per heavy atom. The minimum absolute atomic E-state index is 0.0447. The highest BCUT2D eigenvalue weighted by Crippen LogP contribution is 2.38. The van der Waals surface area contributed by atoms with Gasteiger partial charge in [-0.3, -0.25) is 4.18 Å². The van der Waals surface area contributed by atoms with Crippen molar-refractivity contribution in [3.63, 3.8) is 0 Å². The summed E-state index contributed by atoms with van der Waals surface area (Å²) in [5.74, 6) is 0. The Morgan fingerprint density at radius 3 is 2.27 bits per heavy atom. The van der Waals surface area contributed by atoms with Gasteiger partial charge < -0.3 is 9.16 Å². The first-order valence-electron chi connectivity index (χ1n) is 9.16. The molecule has 0 unspecified atom stereocenters. The Labute approximate surface area is 159 Å². The zero-order chi connectivity index (χ0) is 19.6. The Morgan fingerprint density at radius 2 is 1.77 bits per heavy atom. The van der Waals surface area contributed by atoms with Crippen molar-refractivity contribution < 1.29 is 21.8 Å². The Balaban J connectivity index is 1.83. The van der Waals surface area contributed by atoms with Crippen molar-refractivity contribution in [1.29, 1.82) is 0 Å². The van der Waals surface area contributed by atoms with E-state index in [0.717, 1.165) is 18.4 Å². The van der Waals surface area contributed by atoms with Crippen LogP contribution in [0.4, 0.5) is 0 Å². The first-order valence-corrected chi connectivity index (χ1v) is 13.5. The topological polar surface area (TPSA) is 61.8 Å². The smallest absolute Gasteiger partial charge is 0.297 e. The van der Waals surface area contributed by atoms with Crippen molar-refractivity contribution in [2.24, 2.45) is 0 Å². The van der Waals surface area contributed by atoms with Crippen LogP contribution in [0.5, 0.6) is 0 Å². The van der Waals surface area contributed by atoms with Gasteiger partial charge in [0.15, 0.2) is 8.32 Å². The lowest BCUT2D eigenvalue weighted by atomic mass is 10.1. The number of hydrogen-bond acceptors (Lipinski definition) is 5. The third-order valence-corrected chi connectivity index (χ3v) is 11.1. The van der Waals surface area contributed by atoms with Gasteiger partial charge in [-0.1, -0.05) is 38.5 Å². The minimum atomic E-state index is -3.74. The molecule has 7 heteroatoms. The molecule has 0 amide bonds. The summed E-state index contributed by atoms with van der Waals surface area (Å²) in [6.07, 6.45) is 1.48. The van der Waals surface area contributed by atoms with Gasteiger partial charge in [-0.05, 0) is 50.0 Å². The standard InChI is InChI=1S/C19H32O5SSi/c1-15-7-11-18(12-8-15)25(20,21)23-14-16-9-10-17(13-22-16)24-26(5,6)19(2,3)4/h7-8,11-12,16-17H,9-10,13-14H2,1-6H3/t16-,17-/m1/s1. The van der Waals surface area contributed by atoms with E-state index in [1.165, 1.54) is 0 Å². The SMILES string of the molecule is Cc1ccc(S(=O)(=O)OC[C@H]2CC[C@@H](O[Si](C)(C)C(C)(C)C)CO2)cc1. The molecule has 1 aromatic carbocycles. The van der Waals surface area contributed by atoms with Gasteiger partial charge in [0.25, 0.3) is 10.1 Å². The molecule has 1 aromatic rings. The molecule has 1 fully saturated rings. The van der Waals surface area contributed by atoms with E-state index in [-0.39, 0.29) is 28.7 Å². The zero-order valence-corrected chi connectivity index (χ0v) is 18.6. The molecule has 0 N–H and O–H groups in total. The molecule has 0 saturated carbocycles. The first kappa shape index (κ1) is 21.6. The van der Waals surface area contributed by atoms with Crippen molar-refractivity contribution in [2.75, 3.05) is 13.2 Å². The molecule has 0 bridgehead atoms. The third-order valence-electron chi connectivity index (χ3n) is 5.31. The highest BCUT2D eigenvalue weighted by atomic mass is 32.2. The summed E-state index contributed by atoms with van der Waals surface area (Å²) in [7, 11) is -5.56. The van der Waals surface area contributed by atoms with E-state index in [1.807, 2.05) is 6.92 Å². The summed E-state index contributed by atoms with van der Waals surface area (Å²) in [6.45, 7) is 13.6. The van der Waals surface area contributed by atoms with E-state index >= 15 is 0 Å². The summed E-state index contributed by atoms with van der Waals surface area (Å²) < 4.78 is 41.9. The van der Waals surface area contributed by atoms with Gasteiger partial charge in [-0.25, -0.2) is 0 Å². The Hall–Kier alpha value is -0.733. The van der Waals surface area contributed by atoms with E-state index < -0.39 is 18.4 Å². The highest BCUT2D eigenvalue weighted by Gasteiger charge is 2.40. The fourth-order valence-corrected chi connectivity index (χ4v) is 4.85. The Bertz CT molecular complexity index is 684. The maximum Gasteiger partial charge on any atom is 0.297 e. The molecule has 0 aromatic heterocycles. The van der Waals surface area contributed by atoms with Crippen LogP contribution < -0.4 is 0 Å². The van der Waals surface area contributed by atoms with Crippen molar-refractivity contribution >= 4 is 18.4 Å². The number of aryl methyl sites for hydroxylation is 1. The predicted molar refractivity (Wildman–Crippen MR) is 105 cm³/mol. The quantitative estimate of drug-likeness (QED) is 0.527. The van der Waals surface area contributed by atoms with Crippen LogP contribution >= 0.6 is 0 Å². The molecule has 1 aliphatic rings. The summed E-state index contributed by atoms with van der Waals surface area (Å²) in [5, 5.41) is 0.162. The summed E-state index contributed by atoms with van der Waals surface area (Å²) in [5.41, 5.74) is 1.01. The average Bonchev–Trinajstić information content (AvgIpc) is 2.53. The van der Waals surface area contributed by atoms with Gasteiger partial charge in [0.1, 0.15) is 0 Å². The molecule has 0 aliphatic carbocycles. The predicted octanol–water partition coefficient (Wildman–Crippen LogP) is 4.27. The second-order valence-electron chi connectivity index (χ2n) is 8.58. The van der Waals surface area contributed by atoms with Crippen molar-refractivity contribution in [3.8, 4) is 0 Å². The van der Waals surface area contributed by atoms with Gasteiger partial charge in [0.2, 0.25) is 0 Å². The molecule has 2 atom stereocenters. The Kier molecular flexibility index (Phi) is 6.72. The van der Waals surface area contributed by atoms with E-state index in [9.17, 15) is 8.42 Å². The molecular weight excluding hydrogens is 368 g/mol. The van der Waals surface area contributed by atoms with Crippen LogP contribution in [0.2, 0.25) is 18.1 Å². The molecule has 148 valence electrons. The van der Waals surface area contributed by atoms with Gasteiger partial charge >= 0.3 is 0 Å². The van der Waals surface area contributed by atoms with Crippen LogP contribution in [-0.4, -0.2) is 42.2 Å². The van der Waals surface area contributed by atoms with E-state index in [0.29, 0.717) is 6.61 Å². The van der Waals surface area contributed by atoms with Crippen molar-refractivity contribution in [3.05, 3.63) is 29.8 Å². The van der Waals surface area contributed by atoms with Crippen LogP contribution in [0.15, 0.2) is 29.2 Å². The van der Waals surface area contributed by atoms with Crippen LogP contribution in [0.25, 0.3) is 0 Å². The van der Waals surface area contributed by atoms with Crippen molar-refractivity contribution in [1.82, 2.24) is 0 Å². The lowest BCUT2D eigenvalue weighted by Gasteiger charge is -2.41. The molecule has 26 heavy (non-hydrogen) atoms. The molecule has 0 radical (unpaired) electrons. The third kappa shape index (κ3) is 5.63. The fourth-order valence-electron chi connectivity index (χ4n) is 2.54. The van der Waals surface area contributed by atoms with Crippen LogP contribution in [0.1, 0.15) is 39.2 Å². The second-order valence-corrected chi connectivity index (χ2v) is 15.0. The summed E-state index contributed by atoms with van der Waals surface area (Å²) in [6, 6.07) is 6.65. The van der Waals surface area contributed by atoms with Gasteiger partial charge in [-0.15, -0.1) is 0 Å². The lowest BCUT2D eigenvalue weighted by molar-refractivity contribution is -0.0644. The molecule has 0 spiro atoms. The second kappa shape index (κ2) is 8.10. The number of hydrogen-bond donors (Lipinski definition) is 0.